The molecule has 0 fully saturated rings. The molecule has 1 N–H and O–H groups in total. The Hall–Kier alpha value is -1.54. The number of benzene rings is 1. The molecule has 0 saturated heterocycles. The maximum absolute atomic E-state index is 9.29. The Morgan fingerprint density at radius 2 is 1.88 bits per heavy atom. The van der Waals surface area contributed by atoms with Crippen LogP contribution in [0.5, 0.6) is 5.75 Å². The lowest BCUT2D eigenvalue weighted by Gasteiger charge is -2.01. The van der Waals surface area contributed by atoms with Gasteiger partial charge in [-0.3, -0.25) is 0 Å². The van der Waals surface area contributed by atoms with E-state index >= 15 is 0 Å². The normalized spacial score (nSPS) is 14.9. The van der Waals surface area contributed by atoms with Gasteiger partial charge in [-0.05, 0) is 18.6 Å². The average Bonchev–Trinajstić information content (AvgIpc) is 2.74. The first-order valence-electron chi connectivity index (χ1n) is 5.44. The molecule has 1 heterocycles. The molecule has 2 heteroatoms. The molecule has 0 spiro atoms. The van der Waals surface area contributed by atoms with Gasteiger partial charge in [0.25, 0.3) is 0 Å². The van der Waals surface area contributed by atoms with Crippen molar-refractivity contribution < 1.29 is 5.11 Å². The van der Waals surface area contributed by atoms with Gasteiger partial charge in [-0.1, -0.05) is 12.2 Å². The fourth-order valence-corrected chi connectivity index (χ4v) is 4.13. The third-order valence-corrected chi connectivity index (χ3v) is 5.06. The minimum absolute atomic E-state index is 0.121. The van der Waals surface area contributed by atoms with Gasteiger partial charge in [0.1, 0.15) is 11.1 Å². The first-order valence-corrected chi connectivity index (χ1v) is 6.73. The zero-order valence-electron chi connectivity index (χ0n) is 8.89. The van der Waals surface area contributed by atoms with Crippen LogP contribution in [0.25, 0.3) is 11.0 Å². The van der Waals surface area contributed by atoms with Crippen LogP contribution < -0.4 is 0 Å². The summed E-state index contributed by atoms with van der Waals surface area (Å²) in [4.78, 5) is 2.85. The quantitative estimate of drug-likeness (QED) is 0.730. The van der Waals surface area contributed by atoms with Crippen molar-refractivity contribution in [2.24, 2.45) is 0 Å². The fraction of sp³-hybridized carbons (Fsp3) is 0.143. The van der Waals surface area contributed by atoms with Crippen LogP contribution in [0.1, 0.15) is 16.9 Å². The summed E-state index contributed by atoms with van der Waals surface area (Å²) in [6.45, 7) is 0. The van der Waals surface area contributed by atoms with Gasteiger partial charge in [0.2, 0.25) is 0 Å². The second-order valence-corrected chi connectivity index (χ2v) is 5.87. The van der Waals surface area contributed by atoms with E-state index in [0.29, 0.717) is 5.75 Å². The van der Waals surface area contributed by atoms with Crippen LogP contribution in [0.15, 0.2) is 41.8 Å². The lowest BCUT2D eigenvalue weighted by atomic mass is 10.1. The summed E-state index contributed by atoms with van der Waals surface area (Å²) < 4.78 is 0. The first-order chi connectivity index (χ1) is 7.84. The molecule has 2 aromatic rings. The molecule has 1 nitrogen and oxygen atoms in total. The zero-order chi connectivity index (χ0) is 11.0. The van der Waals surface area contributed by atoms with E-state index in [0.717, 1.165) is 6.42 Å². The van der Waals surface area contributed by atoms with E-state index in [-0.39, 0.29) is 10.5 Å². The smallest absolute Gasteiger partial charge is 0.179 e. The van der Waals surface area contributed by atoms with Gasteiger partial charge in [-0.25, -0.2) is 0 Å². The Morgan fingerprint density at radius 3 is 2.69 bits per heavy atom. The van der Waals surface area contributed by atoms with Crippen LogP contribution in [0.3, 0.4) is 0 Å². The number of thiophene rings is 1. The number of hydrogen-bond acceptors (Lipinski definition) is 1. The molecule has 1 unspecified atom stereocenters. The van der Waals surface area contributed by atoms with Crippen molar-refractivity contribution in [3.8, 4) is 10.6 Å². The summed E-state index contributed by atoms with van der Waals surface area (Å²) in [5.74, 6) is 0.341. The van der Waals surface area contributed by atoms with Crippen LogP contribution in [0.4, 0.5) is 0 Å². The number of fused-ring (bicyclic) bond motifs is 1. The summed E-state index contributed by atoms with van der Waals surface area (Å²) in [6.07, 6.45) is 6.79. The van der Waals surface area contributed by atoms with Crippen molar-refractivity contribution in [1.29, 1.82) is 0 Å². The third-order valence-electron chi connectivity index (χ3n) is 2.90. The zero-order valence-corrected chi connectivity index (χ0v) is 9.70. The van der Waals surface area contributed by atoms with E-state index < -0.39 is 0 Å². The first kappa shape index (κ1) is 9.67. The third kappa shape index (κ3) is 1.55. The fourth-order valence-electron chi connectivity index (χ4n) is 2.08. The van der Waals surface area contributed by atoms with E-state index in [1.807, 2.05) is 12.1 Å². The Balaban J connectivity index is 2.10. The maximum atomic E-state index is 9.29. The van der Waals surface area contributed by atoms with Crippen LogP contribution in [0.2, 0.25) is 0 Å². The molecule has 1 aromatic carbocycles. The summed E-state index contributed by atoms with van der Waals surface area (Å²) in [5.41, 5.74) is 1.39. The number of aromatic hydroxyl groups is 1. The minimum Gasteiger partial charge on any atom is -0.508 e. The molecule has 1 atom stereocenters. The van der Waals surface area contributed by atoms with Crippen molar-refractivity contribution in [3.05, 3.63) is 52.2 Å². The highest BCUT2D eigenvalue weighted by atomic mass is 32.2. The molecule has 1 aliphatic carbocycles. The highest BCUT2D eigenvalue weighted by molar-refractivity contribution is 7.38. The maximum Gasteiger partial charge on any atom is 0.179 e. The highest BCUT2D eigenvalue weighted by Crippen LogP contribution is 2.40. The lowest BCUT2D eigenvalue weighted by Crippen LogP contribution is -1.88. The van der Waals surface area contributed by atoms with E-state index in [1.54, 1.807) is 17.0 Å². The van der Waals surface area contributed by atoms with Gasteiger partial charge in [0.05, 0.1) is 0 Å². The number of allylic oxidation sites excluding steroid dienone is 1. The van der Waals surface area contributed by atoms with Crippen LogP contribution in [-0.2, 0) is 6.42 Å². The number of phenols is 1. The summed E-state index contributed by atoms with van der Waals surface area (Å²) in [6, 6.07) is 9.82. The lowest BCUT2D eigenvalue weighted by molar-refractivity contribution is 0.475. The van der Waals surface area contributed by atoms with Crippen LogP contribution >= 0.6 is 10.5 Å². The molecule has 0 amide bonds. The van der Waals surface area contributed by atoms with Gasteiger partial charge in [0, 0.05) is 40.7 Å². The van der Waals surface area contributed by atoms with Crippen molar-refractivity contribution in [3.63, 3.8) is 0 Å². The molecular formula is C14H13OS+. The van der Waals surface area contributed by atoms with Gasteiger partial charge in [-0.15, -0.1) is 0 Å². The SMILES string of the molecule is Oc1ccc(-[s+]2ccc3c2CCC=C3)cc1. The minimum atomic E-state index is 0.121. The number of phenolic OH excluding ortho intramolecular Hbond substituents is 1. The second kappa shape index (κ2) is 3.80. The van der Waals surface area contributed by atoms with E-state index in [1.165, 1.54) is 16.9 Å². The molecule has 80 valence electrons. The average molecular weight is 229 g/mol. The topological polar surface area (TPSA) is 20.2 Å². The second-order valence-electron chi connectivity index (χ2n) is 3.95. The molecule has 1 aromatic heterocycles. The van der Waals surface area contributed by atoms with Gasteiger partial charge >= 0.3 is 0 Å². The molecule has 1 aliphatic rings. The molecular weight excluding hydrogens is 216 g/mol. The van der Waals surface area contributed by atoms with E-state index in [9.17, 15) is 5.11 Å². The Bertz CT molecular complexity index is 534. The van der Waals surface area contributed by atoms with Crippen molar-refractivity contribution >= 4 is 16.5 Å². The molecule has 0 saturated carbocycles. The predicted octanol–water partition coefficient (Wildman–Crippen LogP) is 4.09. The Labute approximate surface area is 97.7 Å². The standard InChI is InChI=1S/C14H12OS/c15-12-5-7-13(8-6-12)16-10-9-11-3-1-2-4-14(11)16/h1,3,5-10H,2,4H2/p+1. The monoisotopic (exact) mass is 229 g/mol. The van der Waals surface area contributed by atoms with Gasteiger partial charge < -0.3 is 5.11 Å². The van der Waals surface area contributed by atoms with E-state index in [2.05, 4.69) is 23.6 Å². The van der Waals surface area contributed by atoms with Gasteiger partial charge in [-0.2, -0.15) is 0 Å². The summed E-state index contributed by atoms with van der Waals surface area (Å²) >= 11 is 0. The number of hydrogen-bond donors (Lipinski definition) is 1. The molecule has 3 rings (SSSR count). The Kier molecular flexibility index (Phi) is 2.29. The number of rotatable bonds is 1. The molecule has 0 aliphatic heterocycles. The van der Waals surface area contributed by atoms with Gasteiger partial charge in [0.15, 0.2) is 9.77 Å². The summed E-state index contributed by atoms with van der Waals surface area (Å²) in [5, 5.41) is 11.6. The predicted molar refractivity (Wildman–Crippen MR) is 69.3 cm³/mol. The molecule has 16 heavy (non-hydrogen) atoms. The summed E-state index contributed by atoms with van der Waals surface area (Å²) in [7, 11) is 0.121. The van der Waals surface area contributed by atoms with Crippen molar-refractivity contribution in [2.45, 2.75) is 12.8 Å². The Morgan fingerprint density at radius 1 is 1.06 bits per heavy atom. The van der Waals surface area contributed by atoms with Crippen molar-refractivity contribution in [1.82, 2.24) is 0 Å². The van der Waals surface area contributed by atoms with Crippen molar-refractivity contribution in [2.75, 3.05) is 0 Å². The molecule has 0 radical (unpaired) electrons. The molecule has 0 bridgehead atoms. The van der Waals surface area contributed by atoms with Crippen LogP contribution in [-0.4, -0.2) is 5.11 Å². The van der Waals surface area contributed by atoms with E-state index in [4.69, 9.17) is 0 Å². The largest absolute Gasteiger partial charge is 0.508 e. The highest BCUT2D eigenvalue weighted by Gasteiger charge is 2.21. The van der Waals surface area contributed by atoms with Crippen LogP contribution in [0, 0.1) is 0 Å².